The van der Waals surface area contributed by atoms with Gasteiger partial charge in [-0.3, -0.25) is 0 Å². The number of nitrogens with zero attached hydrogens (tertiary/aromatic N) is 2. The quantitative estimate of drug-likeness (QED) is 0.780. The van der Waals surface area contributed by atoms with Crippen molar-refractivity contribution in [1.82, 2.24) is 10.2 Å². The first kappa shape index (κ1) is 13.5. The van der Waals surface area contributed by atoms with E-state index in [1.165, 1.54) is 12.1 Å². The topological polar surface area (TPSA) is 76.2 Å². The predicted octanol–water partition coefficient (Wildman–Crippen LogP) is 3.86. The number of carboxylic acids is 1. The zero-order chi connectivity index (χ0) is 14.8. The van der Waals surface area contributed by atoms with Crippen LogP contribution >= 0.6 is 15.9 Å². The van der Waals surface area contributed by atoms with Crippen molar-refractivity contribution in [3.05, 3.63) is 58.6 Å². The van der Waals surface area contributed by atoms with Gasteiger partial charge < -0.3 is 9.52 Å². The van der Waals surface area contributed by atoms with Crippen LogP contribution in [0.3, 0.4) is 0 Å². The molecule has 2 aromatic carbocycles. The van der Waals surface area contributed by atoms with Crippen LogP contribution in [0.5, 0.6) is 0 Å². The van der Waals surface area contributed by atoms with Gasteiger partial charge >= 0.3 is 5.97 Å². The average Bonchev–Trinajstić information content (AvgIpc) is 2.97. The Hall–Kier alpha value is -2.47. The number of carboxylic acid groups (broad SMARTS) is 1. The van der Waals surface area contributed by atoms with Crippen LogP contribution in [0.2, 0.25) is 0 Å². The van der Waals surface area contributed by atoms with Crippen molar-refractivity contribution in [3.8, 4) is 22.9 Å². The van der Waals surface area contributed by atoms with Crippen molar-refractivity contribution in [3.63, 3.8) is 0 Å². The van der Waals surface area contributed by atoms with Crippen LogP contribution < -0.4 is 0 Å². The van der Waals surface area contributed by atoms with Gasteiger partial charge in [0.2, 0.25) is 11.8 Å². The summed E-state index contributed by atoms with van der Waals surface area (Å²) in [5.74, 6) is -0.343. The van der Waals surface area contributed by atoms with Gasteiger partial charge in [-0.15, -0.1) is 10.2 Å². The summed E-state index contributed by atoms with van der Waals surface area (Å²) in [4.78, 5) is 11.0. The van der Waals surface area contributed by atoms with Gasteiger partial charge in [0.15, 0.2) is 0 Å². The smallest absolute Gasteiger partial charge is 0.335 e. The minimum atomic E-state index is -0.998. The van der Waals surface area contributed by atoms with E-state index in [2.05, 4.69) is 26.1 Å². The van der Waals surface area contributed by atoms with Crippen molar-refractivity contribution in [2.45, 2.75) is 0 Å². The Balaban J connectivity index is 2.01. The van der Waals surface area contributed by atoms with Crippen LogP contribution in [0.1, 0.15) is 10.4 Å². The number of aromatic carboxylic acids is 1. The standard InChI is InChI=1S/C15H9BrN2O3/c16-12-7-2-1-6-11(12)14-18-17-13(21-14)9-4-3-5-10(8-9)15(19)20/h1-8H,(H,19,20). The van der Waals surface area contributed by atoms with E-state index in [4.69, 9.17) is 9.52 Å². The highest BCUT2D eigenvalue weighted by atomic mass is 79.9. The van der Waals surface area contributed by atoms with Gasteiger partial charge in [-0.25, -0.2) is 4.79 Å². The molecule has 5 nitrogen and oxygen atoms in total. The van der Waals surface area contributed by atoms with Crippen molar-refractivity contribution < 1.29 is 14.3 Å². The summed E-state index contributed by atoms with van der Waals surface area (Å²) in [5, 5.41) is 17.0. The average molecular weight is 345 g/mol. The summed E-state index contributed by atoms with van der Waals surface area (Å²) in [5.41, 5.74) is 1.53. The summed E-state index contributed by atoms with van der Waals surface area (Å²) in [6.45, 7) is 0. The molecule has 3 rings (SSSR count). The van der Waals surface area contributed by atoms with E-state index in [1.807, 2.05) is 24.3 Å². The maximum Gasteiger partial charge on any atom is 0.335 e. The van der Waals surface area contributed by atoms with Crippen LogP contribution in [-0.2, 0) is 0 Å². The summed E-state index contributed by atoms with van der Waals surface area (Å²) >= 11 is 3.42. The molecule has 6 heteroatoms. The molecule has 0 unspecified atom stereocenters. The molecule has 0 saturated carbocycles. The molecule has 1 heterocycles. The van der Waals surface area contributed by atoms with Gasteiger partial charge in [0.05, 0.1) is 11.1 Å². The fourth-order valence-corrected chi connectivity index (χ4v) is 2.32. The van der Waals surface area contributed by atoms with Crippen LogP contribution in [0, 0.1) is 0 Å². The lowest BCUT2D eigenvalue weighted by molar-refractivity contribution is 0.0697. The predicted molar refractivity (Wildman–Crippen MR) is 79.8 cm³/mol. The number of hydrogen-bond donors (Lipinski definition) is 1. The molecule has 0 amide bonds. The maximum atomic E-state index is 11.0. The van der Waals surface area contributed by atoms with E-state index >= 15 is 0 Å². The highest BCUT2D eigenvalue weighted by molar-refractivity contribution is 9.10. The van der Waals surface area contributed by atoms with Crippen molar-refractivity contribution in [1.29, 1.82) is 0 Å². The highest BCUT2D eigenvalue weighted by Gasteiger charge is 2.13. The van der Waals surface area contributed by atoms with Crippen molar-refractivity contribution in [2.24, 2.45) is 0 Å². The Labute approximate surface area is 128 Å². The van der Waals surface area contributed by atoms with Crippen molar-refractivity contribution in [2.75, 3.05) is 0 Å². The zero-order valence-corrected chi connectivity index (χ0v) is 12.2. The van der Waals surface area contributed by atoms with E-state index in [0.29, 0.717) is 11.5 Å². The fourth-order valence-electron chi connectivity index (χ4n) is 1.87. The van der Waals surface area contributed by atoms with Crippen LogP contribution in [0.25, 0.3) is 22.9 Å². The molecule has 1 N–H and O–H groups in total. The first-order chi connectivity index (χ1) is 10.1. The van der Waals surface area contributed by atoms with Gasteiger partial charge in [-0.05, 0) is 46.3 Å². The lowest BCUT2D eigenvalue weighted by Crippen LogP contribution is -1.95. The maximum absolute atomic E-state index is 11.0. The Bertz CT molecular complexity index is 814. The monoisotopic (exact) mass is 344 g/mol. The molecule has 0 saturated heterocycles. The first-order valence-corrected chi connectivity index (χ1v) is 6.86. The second kappa shape index (κ2) is 5.49. The Morgan fingerprint density at radius 1 is 1.05 bits per heavy atom. The second-order valence-electron chi connectivity index (χ2n) is 4.28. The molecular weight excluding hydrogens is 336 g/mol. The molecular formula is C15H9BrN2O3. The molecule has 3 aromatic rings. The normalized spacial score (nSPS) is 10.5. The molecule has 0 radical (unpaired) electrons. The summed E-state index contributed by atoms with van der Waals surface area (Å²) < 4.78 is 6.47. The molecule has 0 aliphatic carbocycles. The van der Waals surface area contributed by atoms with Gasteiger partial charge in [-0.2, -0.15) is 0 Å². The van der Waals surface area contributed by atoms with Gasteiger partial charge in [0.25, 0.3) is 0 Å². The van der Waals surface area contributed by atoms with E-state index in [1.54, 1.807) is 12.1 Å². The van der Waals surface area contributed by atoms with E-state index in [0.717, 1.165) is 10.0 Å². The van der Waals surface area contributed by atoms with Crippen molar-refractivity contribution >= 4 is 21.9 Å². The third kappa shape index (κ3) is 2.71. The Kier molecular flexibility index (Phi) is 3.53. The second-order valence-corrected chi connectivity index (χ2v) is 5.13. The molecule has 104 valence electrons. The Morgan fingerprint density at radius 2 is 1.81 bits per heavy atom. The summed E-state index contributed by atoms with van der Waals surface area (Å²) in [6.07, 6.45) is 0. The number of aromatic nitrogens is 2. The first-order valence-electron chi connectivity index (χ1n) is 6.07. The number of carbonyl (C=O) groups is 1. The fraction of sp³-hybridized carbons (Fsp3) is 0. The molecule has 0 atom stereocenters. The van der Waals surface area contributed by atoms with E-state index < -0.39 is 5.97 Å². The molecule has 21 heavy (non-hydrogen) atoms. The number of halogens is 1. The van der Waals surface area contributed by atoms with Crippen LogP contribution in [0.15, 0.2) is 57.4 Å². The minimum Gasteiger partial charge on any atom is -0.478 e. The molecule has 0 spiro atoms. The van der Waals surface area contributed by atoms with Gasteiger partial charge in [0.1, 0.15) is 0 Å². The molecule has 0 bridgehead atoms. The number of hydrogen-bond acceptors (Lipinski definition) is 4. The third-order valence-corrected chi connectivity index (χ3v) is 3.58. The van der Waals surface area contributed by atoms with E-state index in [-0.39, 0.29) is 11.5 Å². The Morgan fingerprint density at radius 3 is 2.57 bits per heavy atom. The zero-order valence-electron chi connectivity index (χ0n) is 10.7. The molecule has 0 fully saturated rings. The number of benzene rings is 2. The number of rotatable bonds is 3. The minimum absolute atomic E-state index is 0.174. The van der Waals surface area contributed by atoms with Crippen LogP contribution in [0.4, 0.5) is 0 Å². The molecule has 1 aromatic heterocycles. The van der Waals surface area contributed by atoms with Gasteiger partial charge in [-0.1, -0.05) is 18.2 Å². The highest BCUT2D eigenvalue weighted by Crippen LogP contribution is 2.29. The third-order valence-electron chi connectivity index (χ3n) is 2.89. The SMILES string of the molecule is O=C(O)c1cccc(-c2nnc(-c3ccccc3Br)o2)c1. The summed E-state index contributed by atoms with van der Waals surface area (Å²) in [6, 6.07) is 13.9. The van der Waals surface area contributed by atoms with Crippen LogP contribution in [-0.4, -0.2) is 21.3 Å². The lowest BCUT2D eigenvalue weighted by Gasteiger charge is -1.98. The largest absolute Gasteiger partial charge is 0.478 e. The van der Waals surface area contributed by atoms with E-state index in [9.17, 15) is 4.79 Å². The summed E-state index contributed by atoms with van der Waals surface area (Å²) in [7, 11) is 0. The lowest BCUT2D eigenvalue weighted by atomic mass is 10.1. The molecule has 0 aliphatic heterocycles. The van der Waals surface area contributed by atoms with Gasteiger partial charge in [0, 0.05) is 10.0 Å². The molecule has 0 aliphatic rings.